The van der Waals surface area contributed by atoms with Crippen LogP contribution < -0.4 is 29.3 Å². The highest BCUT2D eigenvalue weighted by atomic mass is 32.2. The maximum absolute atomic E-state index is 13.5. The number of thiazole rings is 1. The van der Waals surface area contributed by atoms with Crippen molar-refractivity contribution < 1.29 is 9.53 Å². The van der Waals surface area contributed by atoms with Crippen LogP contribution in [0, 0.1) is 0 Å². The second-order valence-electron chi connectivity index (χ2n) is 7.53. The fourth-order valence-electron chi connectivity index (χ4n) is 4.27. The topological polar surface area (TPSA) is 54.8 Å². The van der Waals surface area contributed by atoms with Crippen molar-refractivity contribution in [2.75, 3.05) is 30.5 Å². The van der Waals surface area contributed by atoms with Gasteiger partial charge in [0.2, 0.25) is 0 Å². The van der Waals surface area contributed by atoms with Gasteiger partial charge >= 0.3 is 0 Å². The van der Waals surface area contributed by atoms with Crippen LogP contribution in [0.3, 0.4) is 0 Å². The zero-order chi connectivity index (χ0) is 22.6. The standard InChI is InChI=1S/C24H23N3O3S2/c1-5-26-16-10-8-7-9-15(16)19(21(26)28)23-27(6-2)22(29)20(32-23)24-25(3)17-13-14(30-4)11-12-18(17)31-24/h7-13H,5-6H2,1-4H3/b23-19+,24-20-. The minimum Gasteiger partial charge on any atom is -0.497 e. The molecule has 0 atom stereocenters. The lowest BCUT2D eigenvalue weighted by molar-refractivity contribution is -0.113. The van der Waals surface area contributed by atoms with Crippen molar-refractivity contribution in [3.05, 3.63) is 67.6 Å². The zero-order valence-corrected chi connectivity index (χ0v) is 20.0. The van der Waals surface area contributed by atoms with Crippen molar-refractivity contribution >= 4 is 51.0 Å². The van der Waals surface area contributed by atoms with Gasteiger partial charge in [0.15, 0.2) is 0 Å². The van der Waals surface area contributed by atoms with Gasteiger partial charge in [-0.05, 0) is 32.0 Å². The van der Waals surface area contributed by atoms with E-state index in [1.807, 2.05) is 68.3 Å². The molecular weight excluding hydrogens is 442 g/mol. The smallest absolute Gasteiger partial charge is 0.271 e. The summed E-state index contributed by atoms with van der Waals surface area (Å²) in [5, 5.41) is 0.878. The second-order valence-corrected chi connectivity index (χ2v) is 9.56. The Hall–Kier alpha value is -2.97. The first-order valence-corrected chi connectivity index (χ1v) is 12.1. The van der Waals surface area contributed by atoms with Crippen molar-refractivity contribution in [2.24, 2.45) is 0 Å². The average Bonchev–Trinajstić information content (AvgIpc) is 3.41. The molecular formula is C24H23N3O3S2. The number of likely N-dealkylation sites (N-methyl/N-ethyl adjacent to an activating group) is 1. The van der Waals surface area contributed by atoms with E-state index in [0.29, 0.717) is 23.2 Å². The first-order chi connectivity index (χ1) is 15.5. The molecule has 0 fully saturated rings. The number of carbonyl (C=O) groups is 1. The van der Waals surface area contributed by atoms with Crippen molar-refractivity contribution in [3.63, 3.8) is 0 Å². The molecule has 2 aromatic carbocycles. The molecule has 2 aliphatic rings. The molecule has 0 spiro atoms. The predicted octanol–water partition coefficient (Wildman–Crippen LogP) is 2.81. The van der Waals surface area contributed by atoms with Crippen LogP contribution >= 0.6 is 23.1 Å². The maximum atomic E-state index is 13.5. The van der Waals surface area contributed by atoms with Gasteiger partial charge in [-0.1, -0.05) is 30.0 Å². The number of para-hydroxylation sites is 1. The third-order valence-electron chi connectivity index (χ3n) is 5.89. The molecule has 164 valence electrons. The van der Waals surface area contributed by atoms with Crippen LogP contribution in [0.4, 0.5) is 11.4 Å². The van der Waals surface area contributed by atoms with E-state index in [-0.39, 0.29) is 11.5 Å². The molecule has 0 radical (unpaired) electrons. The van der Waals surface area contributed by atoms with Gasteiger partial charge in [0.05, 0.1) is 24.1 Å². The van der Waals surface area contributed by atoms with Gasteiger partial charge in [-0.25, -0.2) is 0 Å². The third-order valence-corrected chi connectivity index (χ3v) is 8.44. The minimum atomic E-state index is -0.0608. The van der Waals surface area contributed by atoms with Gasteiger partial charge in [0, 0.05) is 36.7 Å². The van der Waals surface area contributed by atoms with Crippen LogP contribution in [0.25, 0.3) is 10.6 Å². The van der Waals surface area contributed by atoms with Crippen molar-refractivity contribution in [1.82, 2.24) is 4.57 Å². The molecule has 32 heavy (non-hydrogen) atoms. The Morgan fingerprint density at radius 1 is 1.00 bits per heavy atom. The molecule has 0 saturated heterocycles. The molecule has 5 rings (SSSR count). The Labute approximate surface area is 194 Å². The summed E-state index contributed by atoms with van der Waals surface area (Å²) in [5.41, 5.74) is 3.35. The number of methoxy groups -OCH3 is 1. The molecule has 1 amide bonds. The number of nitrogens with zero attached hydrogens (tertiary/aromatic N) is 3. The Morgan fingerprint density at radius 2 is 1.78 bits per heavy atom. The van der Waals surface area contributed by atoms with Crippen LogP contribution in [0.5, 0.6) is 5.75 Å². The molecule has 0 unspecified atom stereocenters. The summed E-state index contributed by atoms with van der Waals surface area (Å²) < 4.78 is 8.47. The van der Waals surface area contributed by atoms with E-state index in [2.05, 4.69) is 0 Å². The van der Waals surface area contributed by atoms with Crippen LogP contribution in [-0.2, 0) is 11.3 Å². The number of hydrogen-bond acceptors (Lipinski definition) is 6. The summed E-state index contributed by atoms with van der Waals surface area (Å²) in [6, 6.07) is 13.7. The summed E-state index contributed by atoms with van der Waals surface area (Å²) in [6.07, 6.45) is 0. The van der Waals surface area contributed by atoms with Gasteiger partial charge in [-0.3, -0.25) is 14.2 Å². The number of aromatic nitrogens is 1. The number of fused-ring (bicyclic) bond motifs is 2. The van der Waals surface area contributed by atoms with E-state index in [1.165, 1.54) is 11.3 Å². The summed E-state index contributed by atoms with van der Waals surface area (Å²) in [4.78, 5) is 31.8. The lowest BCUT2D eigenvalue weighted by Gasteiger charge is -2.13. The van der Waals surface area contributed by atoms with Gasteiger partial charge < -0.3 is 14.5 Å². The summed E-state index contributed by atoms with van der Waals surface area (Å²) in [6.45, 7) is 5.00. The quantitative estimate of drug-likeness (QED) is 0.596. The van der Waals surface area contributed by atoms with Crippen LogP contribution in [0.2, 0.25) is 0 Å². The van der Waals surface area contributed by atoms with Crippen LogP contribution in [-0.4, -0.2) is 31.2 Å². The fourth-order valence-corrected chi connectivity index (χ4v) is 6.82. The molecule has 0 bridgehead atoms. The fraction of sp³-hybridized carbons (Fsp3) is 0.250. The van der Waals surface area contributed by atoms with Gasteiger partial charge in [0.25, 0.3) is 11.5 Å². The van der Waals surface area contributed by atoms with Crippen LogP contribution in [0.1, 0.15) is 19.4 Å². The van der Waals surface area contributed by atoms with Crippen molar-refractivity contribution in [2.45, 2.75) is 25.3 Å². The molecule has 0 saturated carbocycles. The van der Waals surface area contributed by atoms with Crippen molar-refractivity contribution in [3.8, 4) is 5.75 Å². The number of ether oxygens (including phenoxy) is 1. The van der Waals surface area contributed by atoms with E-state index >= 15 is 0 Å². The first kappa shape index (κ1) is 20.9. The van der Waals surface area contributed by atoms with Gasteiger partial charge in [0.1, 0.15) is 20.0 Å². The Kier molecular flexibility index (Phi) is 5.14. The number of thioether (sulfide) groups is 1. The lowest BCUT2D eigenvalue weighted by atomic mass is 10.1. The highest BCUT2D eigenvalue weighted by molar-refractivity contribution is 8.08. The molecule has 6 nitrogen and oxygen atoms in total. The predicted molar refractivity (Wildman–Crippen MR) is 131 cm³/mol. The molecule has 3 aromatic rings. The summed E-state index contributed by atoms with van der Waals surface area (Å²) >= 11 is 2.98. The number of rotatable bonds is 3. The van der Waals surface area contributed by atoms with Gasteiger partial charge in [-0.15, -0.1) is 11.3 Å². The Balaban J connectivity index is 1.80. The molecule has 0 aliphatic carbocycles. The van der Waals surface area contributed by atoms with Crippen LogP contribution in [0.15, 0.2) is 52.2 Å². The average molecular weight is 466 g/mol. The Morgan fingerprint density at radius 3 is 2.50 bits per heavy atom. The van der Waals surface area contributed by atoms with E-state index in [4.69, 9.17) is 4.74 Å². The SMILES string of the molecule is CCN1C(=O)/C(=c2/s/c(=C3\Sc4ccc(OC)cc4N3C)c(=O)n2CC)c2ccccc21. The van der Waals surface area contributed by atoms with Gasteiger partial charge in [-0.2, -0.15) is 0 Å². The maximum Gasteiger partial charge on any atom is 0.271 e. The van der Waals surface area contributed by atoms with Crippen molar-refractivity contribution in [1.29, 1.82) is 0 Å². The summed E-state index contributed by atoms with van der Waals surface area (Å²) in [7, 11) is 3.61. The first-order valence-electron chi connectivity index (χ1n) is 10.5. The largest absolute Gasteiger partial charge is 0.497 e. The minimum absolute atomic E-state index is 0.0471. The highest BCUT2D eigenvalue weighted by Gasteiger charge is 2.33. The molecule has 3 heterocycles. The second kappa shape index (κ2) is 7.86. The number of carbonyl (C=O) groups excluding carboxylic acids is 1. The monoisotopic (exact) mass is 465 g/mol. The Bertz CT molecular complexity index is 1440. The number of benzene rings is 2. The third kappa shape index (κ3) is 2.93. The van der Waals surface area contributed by atoms with E-state index in [1.54, 1.807) is 28.3 Å². The molecule has 0 N–H and O–H groups in total. The molecule has 2 aliphatic heterocycles. The molecule has 8 heteroatoms. The number of amides is 1. The number of hydrogen-bond donors (Lipinski definition) is 0. The van der Waals surface area contributed by atoms with E-state index < -0.39 is 0 Å². The normalized spacial score (nSPS) is 18.3. The zero-order valence-electron chi connectivity index (χ0n) is 18.3. The number of anilines is 2. The van der Waals surface area contributed by atoms with E-state index in [9.17, 15) is 9.59 Å². The van der Waals surface area contributed by atoms with E-state index in [0.717, 1.165) is 37.3 Å². The summed E-state index contributed by atoms with van der Waals surface area (Å²) in [5.74, 6) is 0.729. The highest BCUT2D eigenvalue weighted by Crippen LogP contribution is 2.46. The molecule has 1 aromatic heterocycles. The lowest BCUT2D eigenvalue weighted by Crippen LogP contribution is -2.35.